The Morgan fingerprint density at radius 2 is 2.29 bits per heavy atom. The molecule has 0 bridgehead atoms. The number of nitrogens with zero attached hydrogens (tertiary/aromatic N) is 2. The molecule has 5 nitrogen and oxygen atoms in total. The lowest BCUT2D eigenvalue weighted by molar-refractivity contribution is -0.122. The van der Waals surface area contributed by atoms with E-state index in [1.54, 1.807) is 35.0 Å². The molecule has 0 spiro atoms. The first-order valence-electron chi connectivity index (χ1n) is 7.92. The third-order valence-corrected chi connectivity index (χ3v) is 4.83. The molecule has 2 heterocycles. The zero-order chi connectivity index (χ0) is 16.9. The Morgan fingerprint density at radius 3 is 3.00 bits per heavy atom. The number of carbonyl (C=O) groups excluding carboxylic acids is 1. The first-order valence-corrected chi connectivity index (χ1v) is 8.86. The van der Waals surface area contributed by atoms with Gasteiger partial charge in [0.2, 0.25) is 5.91 Å². The van der Waals surface area contributed by atoms with Crippen LogP contribution in [0, 0.1) is 5.82 Å². The second-order valence-electron chi connectivity index (χ2n) is 6.01. The number of aliphatic hydroxyl groups is 1. The summed E-state index contributed by atoms with van der Waals surface area (Å²) in [5, 5.41) is 15.1. The summed E-state index contributed by atoms with van der Waals surface area (Å²) in [5.74, 6) is -0.650. The molecule has 2 atom stereocenters. The van der Waals surface area contributed by atoms with Crippen LogP contribution in [0.15, 0.2) is 35.2 Å². The number of hydrogen-bond acceptors (Lipinski definition) is 5. The van der Waals surface area contributed by atoms with E-state index in [-0.39, 0.29) is 24.2 Å². The standard InChI is InChI=1S/C17H20FN3O2S/c18-14-4-2-1-3-12(14)7-17(23)20-15-5-6-21(9-16(15)22)8-13-10-24-11-19-13/h1-4,10-11,15-16,22H,5-9H2,(H,20,23)/t15-,16-/m1/s1. The maximum Gasteiger partial charge on any atom is 0.224 e. The Bertz CT molecular complexity index is 680. The minimum atomic E-state index is -0.637. The van der Waals surface area contributed by atoms with Gasteiger partial charge >= 0.3 is 0 Å². The number of piperidine rings is 1. The number of hydrogen-bond donors (Lipinski definition) is 2. The van der Waals surface area contributed by atoms with E-state index >= 15 is 0 Å². The number of aromatic nitrogens is 1. The highest BCUT2D eigenvalue weighted by molar-refractivity contribution is 7.07. The minimum absolute atomic E-state index is 0.0154. The molecular formula is C17H20FN3O2S. The van der Waals surface area contributed by atoms with Crippen LogP contribution in [0.2, 0.25) is 0 Å². The number of halogens is 1. The largest absolute Gasteiger partial charge is 0.390 e. The molecule has 1 amide bonds. The summed E-state index contributed by atoms with van der Waals surface area (Å²) in [4.78, 5) is 18.5. The van der Waals surface area contributed by atoms with Gasteiger partial charge in [-0.25, -0.2) is 9.37 Å². The van der Waals surface area contributed by atoms with E-state index in [0.717, 1.165) is 12.2 Å². The van der Waals surface area contributed by atoms with Gasteiger partial charge in [-0.1, -0.05) is 18.2 Å². The van der Waals surface area contributed by atoms with Crippen LogP contribution >= 0.6 is 11.3 Å². The van der Waals surface area contributed by atoms with E-state index in [1.165, 1.54) is 6.07 Å². The number of benzene rings is 1. The van der Waals surface area contributed by atoms with Gasteiger partial charge in [0.05, 0.1) is 29.8 Å². The molecule has 2 N–H and O–H groups in total. The van der Waals surface area contributed by atoms with E-state index in [1.807, 2.05) is 5.38 Å². The quantitative estimate of drug-likeness (QED) is 0.860. The van der Waals surface area contributed by atoms with Crippen molar-refractivity contribution in [1.29, 1.82) is 0 Å². The average molecular weight is 349 g/mol. The molecule has 24 heavy (non-hydrogen) atoms. The number of likely N-dealkylation sites (tertiary alicyclic amines) is 1. The number of rotatable bonds is 5. The first-order chi connectivity index (χ1) is 11.6. The third kappa shape index (κ3) is 4.37. The van der Waals surface area contributed by atoms with Crippen molar-refractivity contribution in [3.63, 3.8) is 0 Å². The normalized spacial score (nSPS) is 21.6. The van der Waals surface area contributed by atoms with Gasteiger partial charge in [0.15, 0.2) is 0 Å². The number of nitrogens with one attached hydrogen (secondary N) is 1. The van der Waals surface area contributed by atoms with Gasteiger partial charge < -0.3 is 10.4 Å². The summed E-state index contributed by atoms with van der Waals surface area (Å²) in [7, 11) is 0. The molecule has 2 aromatic rings. The Labute approximate surface area is 144 Å². The van der Waals surface area contributed by atoms with Crippen molar-refractivity contribution in [3.8, 4) is 0 Å². The highest BCUT2D eigenvalue weighted by Gasteiger charge is 2.29. The van der Waals surface area contributed by atoms with Crippen LogP contribution in [0.5, 0.6) is 0 Å². The van der Waals surface area contributed by atoms with Crippen molar-refractivity contribution in [2.45, 2.75) is 31.5 Å². The minimum Gasteiger partial charge on any atom is -0.390 e. The highest BCUT2D eigenvalue weighted by atomic mass is 32.1. The predicted molar refractivity (Wildman–Crippen MR) is 90.0 cm³/mol. The smallest absolute Gasteiger partial charge is 0.224 e. The summed E-state index contributed by atoms with van der Waals surface area (Å²) < 4.78 is 13.6. The molecule has 1 fully saturated rings. The fourth-order valence-corrected chi connectivity index (χ4v) is 3.48. The maximum atomic E-state index is 13.6. The fraction of sp³-hybridized carbons (Fsp3) is 0.412. The van der Waals surface area contributed by atoms with E-state index in [0.29, 0.717) is 25.1 Å². The van der Waals surface area contributed by atoms with Crippen molar-refractivity contribution in [1.82, 2.24) is 15.2 Å². The molecule has 128 valence electrons. The topological polar surface area (TPSA) is 65.5 Å². The van der Waals surface area contributed by atoms with Crippen molar-refractivity contribution < 1.29 is 14.3 Å². The predicted octanol–water partition coefficient (Wildman–Crippen LogP) is 1.58. The lowest BCUT2D eigenvalue weighted by atomic mass is 10.0. The van der Waals surface area contributed by atoms with E-state index < -0.39 is 6.10 Å². The number of β-amino-alcohol motifs (C(OH)–C–C–N with tert-alkyl or cyclic N) is 1. The van der Waals surface area contributed by atoms with Crippen molar-refractivity contribution in [2.75, 3.05) is 13.1 Å². The highest BCUT2D eigenvalue weighted by Crippen LogP contribution is 2.15. The summed E-state index contributed by atoms with van der Waals surface area (Å²) in [6.07, 6.45) is 0.00850. The number of carbonyl (C=O) groups is 1. The van der Waals surface area contributed by atoms with Crippen molar-refractivity contribution in [2.24, 2.45) is 0 Å². The van der Waals surface area contributed by atoms with E-state index in [9.17, 15) is 14.3 Å². The van der Waals surface area contributed by atoms with Crippen LogP contribution in [0.1, 0.15) is 17.7 Å². The Hall–Kier alpha value is -1.83. The molecule has 0 radical (unpaired) electrons. The van der Waals surface area contributed by atoms with Crippen molar-refractivity contribution >= 4 is 17.2 Å². The molecule has 1 aromatic carbocycles. The summed E-state index contributed by atoms with van der Waals surface area (Å²) in [6.45, 7) is 1.97. The maximum absolute atomic E-state index is 13.6. The summed E-state index contributed by atoms with van der Waals surface area (Å²) in [5.41, 5.74) is 3.15. The molecule has 0 unspecified atom stereocenters. The Morgan fingerprint density at radius 1 is 1.46 bits per heavy atom. The van der Waals surface area contributed by atoms with Crippen LogP contribution in [0.4, 0.5) is 4.39 Å². The Kier molecular flexibility index (Phi) is 5.55. The third-order valence-electron chi connectivity index (χ3n) is 4.19. The van der Waals surface area contributed by atoms with Gasteiger partial charge in [-0.15, -0.1) is 11.3 Å². The molecule has 1 saturated heterocycles. The van der Waals surface area contributed by atoms with E-state index in [2.05, 4.69) is 15.2 Å². The zero-order valence-corrected chi connectivity index (χ0v) is 14.0. The molecule has 1 aromatic heterocycles. The number of amides is 1. The molecule has 7 heteroatoms. The van der Waals surface area contributed by atoms with Gasteiger partial charge in [-0.3, -0.25) is 9.69 Å². The van der Waals surface area contributed by atoms with Gasteiger partial charge in [0.25, 0.3) is 0 Å². The molecular weight excluding hydrogens is 329 g/mol. The Balaban J connectivity index is 1.49. The van der Waals surface area contributed by atoms with Crippen molar-refractivity contribution in [3.05, 3.63) is 52.2 Å². The fourth-order valence-electron chi connectivity index (χ4n) is 2.93. The molecule has 3 rings (SSSR count). The average Bonchev–Trinajstić information content (AvgIpc) is 3.05. The van der Waals surface area contributed by atoms with Crippen LogP contribution < -0.4 is 5.32 Å². The number of aliphatic hydroxyl groups excluding tert-OH is 1. The van der Waals surface area contributed by atoms with Crippen LogP contribution in [-0.4, -0.2) is 46.1 Å². The number of thiazole rings is 1. The summed E-state index contributed by atoms with van der Waals surface area (Å²) in [6, 6.07) is 5.95. The van der Waals surface area contributed by atoms with Crippen LogP contribution in [-0.2, 0) is 17.8 Å². The first kappa shape index (κ1) is 17.0. The second-order valence-corrected chi connectivity index (χ2v) is 6.73. The second kappa shape index (κ2) is 7.83. The SMILES string of the molecule is O=C(Cc1ccccc1F)N[C@@H]1CCN(Cc2cscn2)C[C@H]1O. The monoisotopic (exact) mass is 349 g/mol. The zero-order valence-electron chi connectivity index (χ0n) is 13.2. The van der Waals surface area contributed by atoms with Crippen LogP contribution in [0.3, 0.4) is 0 Å². The van der Waals surface area contributed by atoms with Gasteiger partial charge in [0, 0.05) is 25.0 Å². The lowest BCUT2D eigenvalue weighted by Gasteiger charge is -2.36. The lowest BCUT2D eigenvalue weighted by Crippen LogP contribution is -2.54. The summed E-state index contributed by atoms with van der Waals surface area (Å²) >= 11 is 1.55. The molecule has 1 aliphatic rings. The van der Waals surface area contributed by atoms with Gasteiger partial charge in [-0.05, 0) is 18.1 Å². The molecule has 1 aliphatic heterocycles. The van der Waals surface area contributed by atoms with Gasteiger partial charge in [0.1, 0.15) is 5.82 Å². The molecule has 0 saturated carbocycles. The van der Waals surface area contributed by atoms with Gasteiger partial charge in [-0.2, -0.15) is 0 Å². The van der Waals surface area contributed by atoms with Crippen LogP contribution in [0.25, 0.3) is 0 Å². The molecule has 0 aliphatic carbocycles. The van der Waals surface area contributed by atoms with E-state index in [4.69, 9.17) is 0 Å².